The highest BCUT2D eigenvalue weighted by Gasteiger charge is 2.24. The molecule has 0 saturated carbocycles. The molecule has 1 amide bonds. The lowest BCUT2D eigenvalue weighted by Gasteiger charge is -2.33. The van der Waals surface area contributed by atoms with Crippen LogP contribution in [-0.4, -0.2) is 30.4 Å². The minimum Gasteiger partial charge on any atom is -0.344 e. The Kier molecular flexibility index (Phi) is 4.83. The lowest BCUT2D eigenvalue weighted by atomic mass is 10.00. The minimum absolute atomic E-state index is 0.244. The van der Waals surface area contributed by atoms with Crippen molar-refractivity contribution in [3.63, 3.8) is 0 Å². The molecule has 1 N–H and O–H groups in total. The van der Waals surface area contributed by atoms with E-state index in [4.69, 9.17) is 11.6 Å². The Hall–Kier alpha value is -1.06. The fourth-order valence-electron chi connectivity index (χ4n) is 2.61. The number of likely N-dealkylation sites (N-methyl/N-ethyl adjacent to an activating group) is 1. The van der Waals surface area contributed by atoms with E-state index in [2.05, 4.69) is 18.3 Å². The van der Waals surface area contributed by atoms with E-state index in [0.29, 0.717) is 18.5 Å². The van der Waals surface area contributed by atoms with Gasteiger partial charge in [0, 0.05) is 37.1 Å². The SMILES string of the molecule is CCC(NC1CCC(=O)N(C)C1)c1cccc(Cl)c1. The number of piperidine rings is 1. The first-order chi connectivity index (χ1) is 9.10. The van der Waals surface area contributed by atoms with Gasteiger partial charge in [0.1, 0.15) is 0 Å². The molecule has 1 aromatic carbocycles. The Morgan fingerprint density at radius 2 is 2.32 bits per heavy atom. The fraction of sp³-hybridized carbons (Fsp3) is 0.533. The van der Waals surface area contributed by atoms with Crippen LogP contribution in [-0.2, 0) is 4.79 Å². The van der Waals surface area contributed by atoms with Gasteiger partial charge in [-0.05, 0) is 30.5 Å². The Bertz CT molecular complexity index is 450. The second kappa shape index (κ2) is 6.40. The first-order valence-corrected chi connectivity index (χ1v) is 7.23. The zero-order chi connectivity index (χ0) is 13.8. The third-order valence-electron chi connectivity index (χ3n) is 3.72. The van der Waals surface area contributed by atoms with Gasteiger partial charge in [-0.15, -0.1) is 0 Å². The summed E-state index contributed by atoms with van der Waals surface area (Å²) in [5.74, 6) is 0.244. The average molecular weight is 281 g/mol. The van der Waals surface area contributed by atoms with E-state index in [1.54, 1.807) is 0 Å². The highest BCUT2D eigenvalue weighted by atomic mass is 35.5. The van der Waals surface area contributed by atoms with Gasteiger partial charge in [-0.3, -0.25) is 4.79 Å². The number of carbonyl (C=O) groups excluding carboxylic acids is 1. The van der Waals surface area contributed by atoms with E-state index in [9.17, 15) is 4.79 Å². The van der Waals surface area contributed by atoms with E-state index >= 15 is 0 Å². The van der Waals surface area contributed by atoms with E-state index in [1.165, 1.54) is 5.56 Å². The van der Waals surface area contributed by atoms with Gasteiger partial charge in [-0.25, -0.2) is 0 Å². The number of hydrogen-bond donors (Lipinski definition) is 1. The number of halogens is 1. The van der Waals surface area contributed by atoms with Crippen LogP contribution >= 0.6 is 11.6 Å². The molecule has 2 rings (SSSR count). The summed E-state index contributed by atoms with van der Waals surface area (Å²) in [6.07, 6.45) is 2.56. The van der Waals surface area contributed by atoms with Gasteiger partial charge in [-0.2, -0.15) is 0 Å². The van der Waals surface area contributed by atoms with E-state index < -0.39 is 0 Å². The topological polar surface area (TPSA) is 32.3 Å². The van der Waals surface area contributed by atoms with Crippen LogP contribution in [0.3, 0.4) is 0 Å². The summed E-state index contributed by atoms with van der Waals surface area (Å²) in [6, 6.07) is 8.66. The average Bonchev–Trinajstić information content (AvgIpc) is 2.40. The third-order valence-corrected chi connectivity index (χ3v) is 3.96. The quantitative estimate of drug-likeness (QED) is 0.920. The van der Waals surface area contributed by atoms with Crippen LogP contribution in [0.1, 0.15) is 37.8 Å². The van der Waals surface area contributed by atoms with Gasteiger partial charge in [0.25, 0.3) is 0 Å². The summed E-state index contributed by atoms with van der Waals surface area (Å²) in [7, 11) is 1.87. The number of nitrogens with one attached hydrogen (secondary N) is 1. The largest absolute Gasteiger partial charge is 0.344 e. The number of amides is 1. The zero-order valence-corrected chi connectivity index (χ0v) is 12.3. The van der Waals surface area contributed by atoms with E-state index in [1.807, 2.05) is 30.1 Å². The van der Waals surface area contributed by atoms with Crippen LogP contribution in [0, 0.1) is 0 Å². The highest BCUT2D eigenvalue weighted by Crippen LogP contribution is 2.22. The molecule has 0 spiro atoms. The van der Waals surface area contributed by atoms with Crippen LogP contribution in [0.4, 0.5) is 0 Å². The van der Waals surface area contributed by atoms with Gasteiger partial charge in [0.15, 0.2) is 0 Å². The summed E-state index contributed by atoms with van der Waals surface area (Å²) in [5.41, 5.74) is 1.22. The summed E-state index contributed by atoms with van der Waals surface area (Å²) in [5, 5.41) is 4.42. The predicted octanol–water partition coefficient (Wildman–Crippen LogP) is 3.00. The molecule has 1 aliphatic heterocycles. The highest BCUT2D eigenvalue weighted by molar-refractivity contribution is 6.30. The molecule has 1 heterocycles. The van der Waals surface area contributed by atoms with Crippen molar-refractivity contribution in [1.29, 1.82) is 0 Å². The van der Waals surface area contributed by atoms with Crippen LogP contribution in [0.15, 0.2) is 24.3 Å². The summed E-state index contributed by atoms with van der Waals surface area (Å²) in [4.78, 5) is 13.3. The normalized spacial score (nSPS) is 21.5. The fourth-order valence-corrected chi connectivity index (χ4v) is 2.80. The lowest BCUT2D eigenvalue weighted by Crippen LogP contribution is -2.47. The molecule has 0 aliphatic carbocycles. The predicted molar refractivity (Wildman–Crippen MR) is 78.3 cm³/mol. The second-order valence-corrected chi connectivity index (χ2v) is 5.63. The maximum atomic E-state index is 11.5. The van der Waals surface area contributed by atoms with Crippen LogP contribution < -0.4 is 5.32 Å². The smallest absolute Gasteiger partial charge is 0.222 e. The zero-order valence-electron chi connectivity index (χ0n) is 11.5. The molecule has 0 bridgehead atoms. The van der Waals surface area contributed by atoms with Crippen molar-refractivity contribution in [3.8, 4) is 0 Å². The minimum atomic E-state index is 0.244. The molecule has 104 valence electrons. The van der Waals surface area contributed by atoms with Gasteiger partial charge < -0.3 is 10.2 Å². The van der Waals surface area contributed by atoms with Gasteiger partial charge in [0.05, 0.1) is 0 Å². The molecule has 1 fully saturated rings. The van der Waals surface area contributed by atoms with Gasteiger partial charge in [-0.1, -0.05) is 30.7 Å². The monoisotopic (exact) mass is 280 g/mol. The van der Waals surface area contributed by atoms with Crippen LogP contribution in [0.2, 0.25) is 5.02 Å². The van der Waals surface area contributed by atoms with Gasteiger partial charge >= 0.3 is 0 Å². The van der Waals surface area contributed by atoms with Crippen molar-refractivity contribution < 1.29 is 4.79 Å². The maximum absolute atomic E-state index is 11.5. The van der Waals surface area contributed by atoms with Crippen LogP contribution in [0.25, 0.3) is 0 Å². The van der Waals surface area contributed by atoms with E-state index in [-0.39, 0.29) is 5.91 Å². The standard InChI is InChI=1S/C15H21ClN2O/c1-3-14(11-5-4-6-12(16)9-11)17-13-7-8-15(19)18(2)10-13/h4-6,9,13-14,17H,3,7-8,10H2,1-2H3. The molecule has 1 saturated heterocycles. The molecule has 19 heavy (non-hydrogen) atoms. The molecule has 4 heteroatoms. The number of rotatable bonds is 4. The molecule has 2 atom stereocenters. The molecule has 0 aromatic heterocycles. The first-order valence-electron chi connectivity index (χ1n) is 6.85. The number of nitrogens with zero attached hydrogens (tertiary/aromatic N) is 1. The number of likely N-dealkylation sites (tertiary alicyclic amines) is 1. The molecule has 2 unspecified atom stereocenters. The van der Waals surface area contributed by atoms with Crippen molar-refractivity contribution >= 4 is 17.5 Å². The Labute approximate surface area is 119 Å². The maximum Gasteiger partial charge on any atom is 0.222 e. The van der Waals surface area contributed by atoms with Crippen LogP contribution in [0.5, 0.6) is 0 Å². The van der Waals surface area contributed by atoms with Crippen molar-refractivity contribution in [2.24, 2.45) is 0 Å². The number of hydrogen-bond acceptors (Lipinski definition) is 2. The van der Waals surface area contributed by atoms with Gasteiger partial charge in [0.2, 0.25) is 5.91 Å². The summed E-state index contributed by atoms with van der Waals surface area (Å²) < 4.78 is 0. The Balaban J connectivity index is 2.01. The summed E-state index contributed by atoms with van der Waals surface area (Å²) >= 11 is 6.05. The molecule has 1 aliphatic rings. The second-order valence-electron chi connectivity index (χ2n) is 5.19. The van der Waals surface area contributed by atoms with E-state index in [0.717, 1.165) is 24.4 Å². The lowest BCUT2D eigenvalue weighted by molar-refractivity contribution is -0.132. The van der Waals surface area contributed by atoms with Crippen molar-refractivity contribution in [2.45, 2.75) is 38.3 Å². The van der Waals surface area contributed by atoms with Crippen molar-refractivity contribution in [1.82, 2.24) is 10.2 Å². The Morgan fingerprint density at radius 3 is 2.95 bits per heavy atom. The van der Waals surface area contributed by atoms with Crippen molar-refractivity contribution in [3.05, 3.63) is 34.9 Å². The molecular weight excluding hydrogens is 260 g/mol. The first kappa shape index (κ1) is 14.4. The molecule has 1 aromatic rings. The number of carbonyl (C=O) groups is 1. The number of benzene rings is 1. The summed E-state index contributed by atoms with van der Waals surface area (Å²) in [6.45, 7) is 2.95. The third kappa shape index (κ3) is 3.71. The molecule has 3 nitrogen and oxygen atoms in total. The van der Waals surface area contributed by atoms with Crippen molar-refractivity contribution in [2.75, 3.05) is 13.6 Å². The Morgan fingerprint density at radius 1 is 1.53 bits per heavy atom. The molecular formula is C15H21ClN2O. The molecule has 0 radical (unpaired) electrons.